The molecule has 1 unspecified atom stereocenters. The second kappa shape index (κ2) is 5.58. The van der Waals surface area contributed by atoms with E-state index in [0.29, 0.717) is 11.7 Å². The molecule has 0 spiro atoms. The first-order chi connectivity index (χ1) is 7.48. The molecule has 0 fully saturated rings. The molecule has 0 aliphatic heterocycles. The standard InChI is InChI=1S/C8H16N4O2S2/c1-4-10-16(13,14)12-8-11-7(5-15-8)6(2)9-3/h5-6,9-10H,4H2,1-3H3,(H,11,12). The summed E-state index contributed by atoms with van der Waals surface area (Å²) in [6, 6.07) is 0.105. The van der Waals surface area contributed by atoms with Crippen molar-refractivity contribution < 1.29 is 8.42 Å². The first-order valence-electron chi connectivity index (χ1n) is 4.88. The predicted octanol–water partition coefficient (Wildman–Crippen LogP) is 0.690. The Kier molecular flexibility index (Phi) is 4.66. The maximum Gasteiger partial charge on any atom is 0.300 e. The molecule has 0 bridgehead atoms. The number of rotatable bonds is 6. The number of aromatic nitrogens is 1. The van der Waals surface area contributed by atoms with Crippen molar-refractivity contribution in [2.24, 2.45) is 0 Å². The van der Waals surface area contributed by atoms with Gasteiger partial charge in [-0.15, -0.1) is 11.3 Å². The third kappa shape index (κ3) is 3.71. The summed E-state index contributed by atoms with van der Waals surface area (Å²) in [5.74, 6) is 0. The van der Waals surface area contributed by atoms with Crippen molar-refractivity contribution in [1.82, 2.24) is 15.0 Å². The van der Waals surface area contributed by atoms with Crippen molar-refractivity contribution in [3.05, 3.63) is 11.1 Å². The van der Waals surface area contributed by atoms with Crippen LogP contribution in [-0.4, -0.2) is 27.0 Å². The van der Waals surface area contributed by atoms with Crippen molar-refractivity contribution in [3.63, 3.8) is 0 Å². The first-order valence-corrected chi connectivity index (χ1v) is 7.25. The molecule has 92 valence electrons. The van der Waals surface area contributed by atoms with Crippen molar-refractivity contribution in [1.29, 1.82) is 0 Å². The molecule has 0 aromatic carbocycles. The molecule has 6 nitrogen and oxygen atoms in total. The molecule has 0 amide bonds. The van der Waals surface area contributed by atoms with Crippen molar-refractivity contribution in [3.8, 4) is 0 Å². The Balaban J connectivity index is 2.72. The van der Waals surface area contributed by atoms with Crippen LogP contribution in [0.15, 0.2) is 5.38 Å². The van der Waals surface area contributed by atoms with E-state index in [-0.39, 0.29) is 6.04 Å². The number of hydrogen-bond acceptors (Lipinski definition) is 5. The van der Waals surface area contributed by atoms with Gasteiger partial charge in [-0.2, -0.15) is 13.1 Å². The Bertz CT molecular complexity index is 429. The Morgan fingerprint density at radius 3 is 2.81 bits per heavy atom. The Labute approximate surface area is 99.7 Å². The zero-order valence-corrected chi connectivity index (χ0v) is 11.1. The minimum Gasteiger partial charge on any atom is -0.312 e. The molecule has 0 radical (unpaired) electrons. The van der Waals surface area contributed by atoms with Crippen LogP contribution in [0.1, 0.15) is 25.6 Å². The quantitative estimate of drug-likeness (QED) is 0.706. The van der Waals surface area contributed by atoms with Gasteiger partial charge in [-0.3, -0.25) is 0 Å². The molecule has 8 heteroatoms. The summed E-state index contributed by atoms with van der Waals surface area (Å²) in [4.78, 5) is 4.17. The molecule has 0 saturated heterocycles. The first kappa shape index (κ1) is 13.4. The fraction of sp³-hybridized carbons (Fsp3) is 0.625. The van der Waals surface area contributed by atoms with E-state index in [1.807, 2.05) is 19.4 Å². The highest BCUT2D eigenvalue weighted by molar-refractivity contribution is 7.91. The lowest BCUT2D eigenvalue weighted by Crippen LogP contribution is -2.29. The SMILES string of the molecule is CCNS(=O)(=O)Nc1nc(C(C)NC)cs1. The average molecular weight is 264 g/mol. The van der Waals surface area contributed by atoms with Crippen LogP contribution in [0, 0.1) is 0 Å². The van der Waals surface area contributed by atoms with E-state index < -0.39 is 10.2 Å². The number of hydrogen-bond donors (Lipinski definition) is 3. The van der Waals surface area contributed by atoms with E-state index in [2.05, 4.69) is 19.7 Å². The van der Waals surface area contributed by atoms with Crippen LogP contribution >= 0.6 is 11.3 Å². The molecule has 1 aromatic rings. The number of nitrogens with one attached hydrogen (secondary N) is 3. The summed E-state index contributed by atoms with van der Waals surface area (Å²) in [5, 5.41) is 5.23. The molecule has 16 heavy (non-hydrogen) atoms. The van der Waals surface area contributed by atoms with Crippen LogP contribution in [-0.2, 0) is 10.2 Å². The monoisotopic (exact) mass is 264 g/mol. The van der Waals surface area contributed by atoms with Gasteiger partial charge >= 0.3 is 10.2 Å². The Morgan fingerprint density at radius 1 is 1.56 bits per heavy atom. The largest absolute Gasteiger partial charge is 0.312 e. The zero-order valence-electron chi connectivity index (χ0n) is 9.44. The van der Waals surface area contributed by atoms with Crippen LogP contribution in [0.2, 0.25) is 0 Å². The van der Waals surface area contributed by atoms with E-state index in [0.717, 1.165) is 5.69 Å². The van der Waals surface area contributed by atoms with Gasteiger partial charge in [0.2, 0.25) is 0 Å². The smallest absolute Gasteiger partial charge is 0.300 e. The van der Waals surface area contributed by atoms with E-state index in [4.69, 9.17) is 0 Å². The summed E-state index contributed by atoms with van der Waals surface area (Å²) < 4.78 is 27.4. The van der Waals surface area contributed by atoms with Gasteiger partial charge in [0.05, 0.1) is 5.69 Å². The van der Waals surface area contributed by atoms with Crippen molar-refractivity contribution in [2.45, 2.75) is 19.9 Å². The van der Waals surface area contributed by atoms with Crippen LogP contribution in [0.4, 0.5) is 5.13 Å². The normalized spacial score (nSPS) is 13.7. The Hall–Kier alpha value is -0.700. The second-order valence-corrected chi connectivity index (χ2v) is 5.55. The zero-order chi connectivity index (χ0) is 12.2. The van der Waals surface area contributed by atoms with Crippen LogP contribution in [0.3, 0.4) is 0 Å². The maximum atomic E-state index is 11.4. The summed E-state index contributed by atoms with van der Waals surface area (Å²) in [5.41, 5.74) is 0.821. The third-order valence-corrected chi connectivity index (χ3v) is 3.99. The summed E-state index contributed by atoms with van der Waals surface area (Å²) in [6.07, 6.45) is 0. The molecular formula is C8H16N4O2S2. The van der Waals surface area contributed by atoms with Crippen molar-refractivity contribution in [2.75, 3.05) is 18.3 Å². The van der Waals surface area contributed by atoms with E-state index in [9.17, 15) is 8.42 Å². The predicted molar refractivity (Wildman–Crippen MR) is 65.8 cm³/mol. The molecule has 0 aliphatic carbocycles. The molecule has 1 atom stereocenters. The fourth-order valence-corrected chi connectivity index (χ4v) is 2.92. The maximum absolute atomic E-state index is 11.4. The summed E-state index contributed by atoms with van der Waals surface area (Å²) in [6.45, 7) is 4.02. The van der Waals surface area contributed by atoms with E-state index in [1.54, 1.807) is 6.92 Å². The van der Waals surface area contributed by atoms with Crippen molar-refractivity contribution >= 4 is 26.7 Å². The lowest BCUT2D eigenvalue weighted by atomic mass is 10.3. The summed E-state index contributed by atoms with van der Waals surface area (Å²) >= 11 is 1.26. The van der Waals surface area contributed by atoms with Gasteiger partial charge in [0, 0.05) is 18.0 Å². The minimum absolute atomic E-state index is 0.105. The van der Waals surface area contributed by atoms with Crippen LogP contribution in [0.5, 0.6) is 0 Å². The van der Waals surface area contributed by atoms with Gasteiger partial charge in [-0.1, -0.05) is 6.92 Å². The highest BCUT2D eigenvalue weighted by atomic mass is 32.2. The highest BCUT2D eigenvalue weighted by Gasteiger charge is 2.12. The fourth-order valence-electron chi connectivity index (χ4n) is 1.02. The molecule has 1 aromatic heterocycles. The lowest BCUT2D eigenvalue weighted by molar-refractivity contribution is 0.589. The summed E-state index contributed by atoms with van der Waals surface area (Å²) in [7, 11) is -1.65. The van der Waals surface area contributed by atoms with Gasteiger partial charge in [0.1, 0.15) is 0 Å². The third-order valence-electron chi connectivity index (χ3n) is 1.95. The molecule has 0 aliphatic rings. The van der Waals surface area contributed by atoms with Gasteiger partial charge in [-0.25, -0.2) is 9.71 Å². The number of nitrogens with zero attached hydrogens (tertiary/aromatic N) is 1. The van der Waals surface area contributed by atoms with Gasteiger partial charge in [0.15, 0.2) is 5.13 Å². The van der Waals surface area contributed by atoms with E-state index >= 15 is 0 Å². The van der Waals surface area contributed by atoms with Gasteiger partial charge in [-0.05, 0) is 14.0 Å². The Morgan fingerprint density at radius 2 is 2.25 bits per heavy atom. The van der Waals surface area contributed by atoms with Gasteiger partial charge in [0.25, 0.3) is 0 Å². The molecule has 1 rings (SSSR count). The molecule has 3 N–H and O–H groups in total. The van der Waals surface area contributed by atoms with Crippen LogP contribution in [0.25, 0.3) is 0 Å². The molecule has 0 saturated carbocycles. The van der Waals surface area contributed by atoms with E-state index in [1.165, 1.54) is 11.3 Å². The second-order valence-electron chi connectivity index (χ2n) is 3.19. The van der Waals surface area contributed by atoms with Gasteiger partial charge < -0.3 is 5.32 Å². The number of anilines is 1. The molecular weight excluding hydrogens is 248 g/mol. The minimum atomic E-state index is -3.48. The topological polar surface area (TPSA) is 83.1 Å². The average Bonchev–Trinajstić information content (AvgIpc) is 2.64. The number of thiazole rings is 1. The lowest BCUT2D eigenvalue weighted by Gasteiger charge is -2.06. The highest BCUT2D eigenvalue weighted by Crippen LogP contribution is 2.20. The van der Waals surface area contributed by atoms with Crippen LogP contribution < -0.4 is 14.8 Å². The molecule has 1 heterocycles.